The minimum Gasteiger partial charge on any atom is -0.318 e. The van der Waals surface area contributed by atoms with Gasteiger partial charge >= 0.3 is 0 Å². The van der Waals surface area contributed by atoms with E-state index >= 15 is 0 Å². The summed E-state index contributed by atoms with van der Waals surface area (Å²) < 4.78 is 0. The van der Waals surface area contributed by atoms with E-state index in [-0.39, 0.29) is 0 Å². The summed E-state index contributed by atoms with van der Waals surface area (Å²) in [6.45, 7) is 4.41. The van der Waals surface area contributed by atoms with Gasteiger partial charge in [-0.3, -0.25) is 4.90 Å². The second-order valence-electron chi connectivity index (χ2n) is 3.52. The zero-order valence-corrected chi connectivity index (χ0v) is 10.1. The third-order valence-corrected chi connectivity index (χ3v) is 3.48. The molecule has 1 N–H and O–H groups in total. The van der Waals surface area contributed by atoms with Crippen molar-refractivity contribution in [3.63, 3.8) is 0 Å². The van der Waals surface area contributed by atoms with Gasteiger partial charge in [0.15, 0.2) is 0 Å². The molecule has 80 valence electrons. The van der Waals surface area contributed by atoms with Crippen LogP contribution in [-0.4, -0.2) is 32.1 Å². The van der Waals surface area contributed by atoms with Crippen LogP contribution >= 0.6 is 11.3 Å². The van der Waals surface area contributed by atoms with Gasteiger partial charge in [-0.05, 0) is 32.0 Å². The van der Waals surface area contributed by atoms with E-state index in [4.69, 9.17) is 0 Å². The molecule has 1 atom stereocenters. The lowest BCUT2D eigenvalue weighted by Crippen LogP contribution is -2.30. The van der Waals surface area contributed by atoms with Crippen LogP contribution in [0.15, 0.2) is 17.5 Å². The number of hydrogen-bond donors (Lipinski definition) is 1. The molecule has 0 aliphatic carbocycles. The molecule has 0 saturated heterocycles. The van der Waals surface area contributed by atoms with Crippen LogP contribution in [0.4, 0.5) is 0 Å². The third-order valence-electron chi connectivity index (χ3n) is 2.50. The zero-order chi connectivity index (χ0) is 10.4. The Bertz CT molecular complexity index is 233. The van der Waals surface area contributed by atoms with Crippen molar-refractivity contribution >= 4 is 11.3 Å². The van der Waals surface area contributed by atoms with Gasteiger partial charge in [0, 0.05) is 24.0 Å². The van der Waals surface area contributed by atoms with E-state index in [0.717, 1.165) is 13.1 Å². The zero-order valence-electron chi connectivity index (χ0n) is 9.29. The summed E-state index contributed by atoms with van der Waals surface area (Å²) in [6.07, 6.45) is 1.18. The Morgan fingerprint density at radius 1 is 1.57 bits per heavy atom. The number of hydrogen-bond acceptors (Lipinski definition) is 3. The molecule has 0 bridgehead atoms. The maximum atomic E-state index is 3.18. The van der Waals surface area contributed by atoms with Gasteiger partial charge in [0.2, 0.25) is 0 Å². The summed E-state index contributed by atoms with van der Waals surface area (Å²) in [4.78, 5) is 3.90. The van der Waals surface area contributed by atoms with E-state index in [1.807, 2.05) is 18.4 Å². The molecule has 1 rings (SSSR count). The van der Waals surface area contributed by atoms with E-state index in [9.17, 15) is 0 Å². The highest BCUT2D eigenvalue weighted by Gasteiger charge is 2.14. The lowest BCUT2D eigenvalue weighted by atomic mass is 10.1. The molecule has 0 amide bonds. The maximum Gasteiger partial charge on any atom is 0.0436 e. The standard InChI is InChI=1S/C11H20N2S/c1-4-10(11-6-5-9-14-11)13(3)8-7-12-2/h5-6,9-10,12H,4,7-8H2,1-3H3. The van der Waals surface area contributed by atoms with Crippen LogP contribution in [0.25, 0.3) is 0 Å². The number of nitrogens with one attached hydrogen (secondary N) is 1. The fourth-order valence-electron chi connectivity index (χ4n) is 1.65. The molecule has 0 fully saturated rings. The fourth-order valence-corrected chi connectivity index (χ4v) is 2.63. The van der Waals surface area contributed by atoms with Crippen LogP contribution in [-0.2, 0) is 0 Å². The highest BCUT2D eigenvalue weighted by atomic mass is 32.1. The SMILES string of the molecule is CCC(c1cccs1)N(C)CCNC. The van der Waals surface area contributed by atoms with Gasteiger partial charge in [0.25, 0.3) is 0 Å². The monoisotopic (exact) mass is 212 g/mol. The number of likely N-dealkylation sites (N-methyl/N-ethyl adjacent to an activating group) is 2. The van der Waals surface area contributed by atoms with Gasteiger partial charge in [-0.2, -0.15) is 0 Å². The van der Waals surface area contributed by atoms with Crippen molar-refractivity contribution in [2.75, 3.05) is 27.2 Å². The first-order valence-electron chi connectivity index (χ1n) is 5.17. The molecule has 0 aromatic carbocycles. The van der Waals surface area contributed by atoms with E-state index in [1.54, 1.807) is 0 Å². The van der Waals surface area contributed by atoms with Crippen molar-refractivity contribution in [1.82, 2.24) is 10.2 Å². The highest BCUT2D eigenvalue weighted by Crippen LogP contribution is 2.26. The molecule has 1 aromatic rings. The van der Waals surface area contributed by atoms with Crippen LogP contribution in [0.3, 0.4) is 0 Å². The molecule has 0 saturated carbocycles. The Kier molecular flexibility index (Phi) is 5.15. The van der Waals surface area contributed by atoms with Crippen molar-refractivity contribution in [2.45, 2.75) is 19.4 Å². The number of rotatable bonds is 6. The summed E-state index contributed by atoms with van der Waals surface area (Å²) in [7, 11) is 4.20. The summed E-state index contributed by atoms with van der Waals surface area (Å²) in [5, 5.41) is 5.34. The minimum absolute atomic E-state index is 0.586. The van der Waals surface area contributed by atoms with Crippen LogP contribution in [0, 0.1) is 0 Å². The lowest BCUT2D eigenvalue weighted by Gasteiger charge is -2.26. The first-order valence-corrected chi connectivity index (χ1v) is 6.05. The van der Waals surface area contributed by atoms with Crippen molar-refractivity contribution in [3.8, 4) is 0 Å². The quantitative estimate of drug-likeness (QED) is 0.778. The predicted molar refractivity (Wildman–Crippen MR) is 63.9 cm³/mol. The van der Waals surface area contributed by atoms with Gasteiger partial charge in [0.05, 0.1) is 0 Å². The first-order chi connectivity index (χ1) is 6.79. The number of nitrogens with zero attached hydrogens (tertiary/aromatic N) is 1. The Morgan fingerprint density at radius 3 is 2.86 bits per heavy atom. The van der Waals surface area contributed by atoms with Crippen molar-refractivity contribution in [2.24, 2.45) is 0 Å². The second-order valence-corrected chi connectivity index (χ2v) is 4.50. The Hall–Kier alpha value is -0.380. The van der Waals surface area contributed by atoms with Gasteiger partial charge < -0.3 is 5.32 Å². The average molecular weight is 212 g/mol. The summed E-state index contributed by atoms with van der Waals surface area (Å²) in [5.74, 6) is 0. The van der Waals surface area contributed by atoms with Crippen LogP contribution in [0.1, 0.15) is 24.3 Å². The Morgan fingerprint density at radius 2 is 2.36 bits per heavy atom. The molecule has 1 aromatic heterocycles. The molecule has 3 heteroatoms. The second kappa shape index (κ2) is 6.17. The molecule has 0 aliphatic rings. The molecule has 0 spiro atoms. The predicted octanol–water partition coefficient (Wildman–Crippen LogP) is 2.35. The molecule has 0 radical (unpaired) electrons. The van der Waals surface area contributed by atoms with E-state index in [0.29, 0.717) is 6.04 Å². The average Bonchev–Trinajstić information content (AvgIpc) is 2.69. The molecule has 2 nitrogen and oxygen atoms in total. The topological polar surface area (TPSA) is 15.3 Å². The molecule has 0 aliphatic heterocycles. The van der Waals surface area contributed by atoms with E-state index < -0.39 is 0 Å². The highest BCUT2D eigenvalue weighted by molar-refractivity contribution is 7.10. The van der Waals surface area contributed by atoms with Crippen LogP contribution < -0.4 is 5.32 Å². The van der Waals surface area contributed by atoms with Crippen LogP contribution in [0.5, 0.6) is 0 Å². The van der Waals surface area contributed by atoms with Gasteiger partial charge in [-0.15, -0.1) is 11.3 Å². The summed E-state index contributed by atoms with van der Waals surface area (Å²) in [6, 6.07) is 4.95. The fraction of sp³-hybridized carbons (Fsp3) is 0.636. The number of thiophene rings is 1. The minimum atomic E-state index is 0.586. The van der Waals surface area contributed by atoms with Crippen molar-refractivity contribution in [3.05, 3.63) is 22.4 Å². The molecule has 1 heterocycles. The Labute approximate surface area is 90.9 Å². The smallest absolute Gasteiger partial charge is 0.0436 e. The lowest BCUT2D eigenvalue weighted by molar-refractivity contribution is 0.244. The van der Waals surface area contributed by atoms with E-state index in [2.05, 4.69) is 41.7 Å². The van der Waals surface area contributed by atoms with Gasteiger partial charge in [-0.25, -0.2) is 0 Å². The summed E-state index contributed by atoms with van der Waals surface area (Å²) in [5.41, 5.74) is 0. The van der Waals surface area contributed by atoms with Crippen molar-refractivity contribution < 1.29 is 0 Å². The molecule has 1 unspecified atom stereocenters. The molecular formula is C11H20N2S. The molecular weight excluding hydrogens is 192 g/mol. The van der Waals surface area contributed by atoms with E-state index in [1.165, 1.54) is 11.3 Å². The maximum absolute atomic E-state index is 3.18. The van der Waals surface area contributed by atoms with Gasteiger partial charge in [0.1, 0.15) is 0 Å². The van der Waals surface area contributed by atoms with Crippen LogP contribution in [0.2, 0.25) is 0 Å². The summed E-state index contributed by atoms with van der Waals surface area (Å²) >= 11 is 1.86. The van der Waals surface area contributed by atoms with Crippen molar-refractivity contribution in [1.29, 1.82) is 0 Å². The largest absolute Gasteiger partial charge is 0.318 e. The third kappa shape index (κ3) is 3.08. The van der Waals surface area contributed by atoms with Gasteiger partial charge in [-0.1, -0.05) is 13.0 Å². The molecule has 14 heavy (non-hydrogen) atoms. The normalized spacial score (nSPS) is 13.4. The Balaban J connectivity index is 2.53. The first kappa shape index (κ1) is 11.7.